The third kappa shape index (κ3) is 3.61. The Morgan fingerprint density at radius 3 is 2.68 bits per heavy atom. The van der Waals surface area contributed by atoms with Gasteiger partial charge in [0.25, 0.3) is 5.91 Å². The van der Waals surface area contributed by atoms with E-state index in [1.54, 1.807) is 12.1 Å². The maximum Gasteiger partial charge on any atom is 0.256 e. The minimum absolute atomic E-state index is 0.0684. The second kappa shape index (κ2) is 6.11. The number of halogens is 3. The number of carbonyl (C=O) groups is 1. The third-order valence-electron chi connectivity index (χ3n) is 2.38. The monoisotopic (exact) mass is 451 g/mol. The molecule has 0 aliphatic rings. The SMILES string of the molecule is O=C(Nc1ccc(Cl)c(O)c1)c1cc(I)ccc1Br. The van der Waals surface area contributed by atoms with Crippen LogP contribution in [0.25, 0.3) is 0 Å². The summed E-state index contributed by atoms with van der Waals surface area (Å²) in [6, 6.07) is 10.0. The molecule has 0 radical (unpaired) electrons. The number of rotatable bonds is 2. The second-order valence-electron chi connectivity index (χ2n) is 3.74. The van der Waals surface area contributed by atoms with Crippen molar-refractivity contribution in [2.45, 2.75) is 0 Å². The minimum atomic E-state index is -0.257. The molecule has 98 valence electrons. The number of amides is 1. The van der Waals surface area contributed by atoms with Crippen molar-refractivity contribution in [3.8, 4) is 5.75 Å². The van der Waals surface area contributed by atoms with Crippen LogP contribution in [0.3, 0.4) is 0 Å². The molecule has 2 rings (SSSR count). The van der Waals surface area contributed by atoms with Crippen LogP contribution in [0, 0.1) is 3.57 Å². The van der Waals surface area contributed by atoms with E-state index >= 15 is 0 Å². The Bertz CT molecular complexity index is 649. The fourth-order valence-corrected chi connectivity index (χ4v) is 2.50. The summed E-state index contributed by atoms with van der Waals surface area (Å²) in [6.45, 7) is 0. The van der Waals surface area contributed by atoms with Crippen molar-refractivity contribution < 1.29 is 9.90 Å². The number of nitrogens with one attached hydrogen (secondary N) is 1. The molecular formula is C13H8BrClINO2. The van der Waals surface area contributed by atoms with Crippen LogP contribution in [0.4, 0.5) is 5.69 Å². The first-order valence-corrected chi connectivity index (χ1v) is 7.47. The molecule has 0 aliphatic carbocycles. The maximum atomic E-state index is 12.1. The largest absolute Gasteiger partial charge is 0.506 e. The Labute approximate surface area is 137 Å². The Balaban J connectivity index is 2.25. The van der Waals surface area contributed by atoms with Gasteiger partial charge in [0.15, 0.2) is 0 Å². The summed E-state index contributed by atoms with van der Waals surface area (Å²) >= 11 is 11.2. The zero-order chi connectivity index (χ0) is 14.0. The molecule has 0 saturated heterocycles. The van der Waals surface area contributed by atoms with Gasteiger partial charge in [-0.05, 0) is 68.9 Å². The average molecular weight is 452 g/mol. The predicted molar refractivity (Wildman–Crippen MR) is 87.9 cm³/mol. The molecule has 2 N–H and O–H groups in total. The van der Waals surface area contributed by atoms with Gasteiger partial charge in [0.05, 0.1) is 10.6 Å². The molecule has 3 nitrogen and oxygen atoms in total. The molecule has 2 aromatic carbocycles. The van der Waals surface area contributed by atoms with E-state index in [1.807, 2.05) is 12.1 Å². The van der Waals surface area contributed by atoms with Crippen molar-refractivity contribution in [3.63, 3.8) is 0 Å². The first kappa shape index (κ1) is 14.6. The molecule has 0 spiro atoms. The summed E-state index contributed by atoms with van der Waals surface area (Å²) in [7, 11) is 0. The lowest BCUT2D eigenvalue weighted by Crippen LogP contribution is -2.12. The number of phenols is 1. The van der Waals surface area contributed by atoms with Gasteiger partial charge in [0, 0.05) is 19.8 Å². The molecule has 0 aromatic heterocycles. The Morgan fingerprint density at radius 2 is 2.00 bits per heavy atom. The van der Waals surface area contributed by atoms with E-state index in [4.69, 9.17) is 11.6 Å². The number of phenolic OH excluding ortho intramolecular Hbond substituents is 1. The van der Waals surface area contributed by atoms with Crippen molar-refractivity contribution in [3.05, 3.63) is 55.0 Å². The van der Waals surface area contributed by atoms with Crippen molar-refractivity contribution in [1.29, 1.82) is 0 Å². The topological polar surface area (TPSA) is 49.3 Å². The van der Waals surface area contributed by atoms with E-state index in [1.165, 1.54) is 12.1 Å². The average Bonchev–Trinajstić information content (AvgIpc) is 2.36. The van der Waals surface area contributed by atoms with Gasteiger partial charge in [-0.3, -0.25) is 4.79 Å². The van der Waals surface area contributed by atoms with Crippen molar-refractivity contribution >= 4 is 61.7 Å². The van der Waals surface area contributed by atoms with E-state index in [0.717, 1.165) is 3.57 Å². The number of anilines is 1. The molecule has 0 atom stereocenters. The lowest BCUT2D eigenvalue weighted by atomic mass is 10.2. The van der Waals surface area contributed by atoms with E-state index in [2.05, 4.69) is 43.8 Å². The van der Waals surface area contributed by atoms with E-state index in [9.17, 15) is 9.90 Å². The van der Waals surface area contributed by atoms with Crippen molar-refractivity contribution in [2.24, 2.45) is 0 Å². The van der Waals surface area contributed by atoms with Crippen LogP contribution < -0.4 is 5.32 Å². The summed E-state index contributed by atoms with van der Waals surface area (Å²) in [4.78, 5) is 12.1. The molecule has 1 amide bonds. The minimum Gasteiger partial charge on any atom is -0.506 e. The van der Waals surface area contributed by atoms with Crippen LogP contribution in [-0.2, 0) is 0 Å². The Kier molecular flexibility index (Phi) is 4.70. The number of hydrogen-bond acceptors (Lipinski definition) is 2. The van der Waals surface area contributed by atoms with Gasteiger partial charge in [0.2, 0.25) is 0 Å². The van der Waals surface area contributed by atoms with Gasteiger partial charge in [-0.15, -0.1) is 0 Å². The van der Waals surface area contributed by atoms with E-state index in [-0.39, 0.29) is 16.7 Å². The molecule has 0 aliphatic heterocycles. The van der Waals surface area contributed by atoms with Crippen LogP contribution in [0.2, 0.25) is 5.02 Å². The molecule has 0 heterocycles. The van der Waals surface area contributed by atoms with Crippen LogP contribution in [0.5, 0.6) is 5.75 Å². The number of carbonyl (C=O) groups excluding carboxylic acids is 1. The number of benzene rings is 2. The molecule has 0 bridgehead atoms. The highest BCUT2D eigenvalue weighted by atomic mass is 127. The van der Waals surface area contributed by atoms with Crippen LogP contribution in [0.15, 0.2) is 40.9 Å². The second-order valence-corrected chi connectivity index (χ2v) is 6.25. The highest BCUT2D eigenvalue weighted by Crippen LogP contribution is 2.27. The summed E-state index contributed by atoms with van der Waals surface area (Å²) in [5.41, 5.74) is 1.01. The highest BCUT2D eigenvalue weighted by Gasteiger charge is 2.11. The summed E-state index contributed by atoms with van der Waals surface area (Å²) in [6.07, 6.45) is 0. The molecule has 19 heavy (non-hydrogen) atoms. The Morgan fingerprint density at radius 1 is 1.26 bits per heavy atom. The van der Waals surface area contributed by atoms with Crippen LogP contribution in [-0.4, -0.2) is 11.0 Å². The molecule has 0 fully saturated rings. The standard InChI is InChI=1S/C13H8BrClINO2/c14-10-3-1-7(16)5-9(10)13(19)17-8-2-4-11(15)12(18)6-8/h1-6,18H,(H,17,19). The van der Waals surface area contributed by atoms with Crippen molar-refractivity contribution in [2.75, 3.05) is 5.32 Å². The molecule has 0 saturated carbocycles. The van der Waals surface area contributed by atoms with Gasteiger partial charge < -0.3 is 10.4 Å². The zero-order valence-electron chi connectivity index (χ0n) is 9.45. The summed E-state index contributed by atoms with van der Waals surface area (Å²) in [5, 5.41) is 12.4. The fourth-order valence-electron chi connectivity index (χ4n) is 1.46. The molecule has 6 heteroatoms. The Hall–Kier alpha value is -0.790. The van der Waals surface area contributed by atoms with E-state index < -0.39 is 0 Å². The molecule has 0 unspecified atom stereocenters. The van der Waals surface area contributed by atoms with E-state index in [0.29, 0.717) is 15.7 Å². The van der Waals surface area contributed by atoms with Crippen molar-refractivity contribution in [1.82, 2.24) is 0 Å². The highest BCUT2D eigenvalue weighted by molar-refractivity contribution is 14.1. The lowest BCUT2D eigenvalue weighted by Gasteiger charge is -2.08. The van der Waals surface area contributed by atoms with Crippen LogP contribution >= 0.6 is 50.1 Å². The van der Waals surface area contributed by atoms with Gasteiger partial charge in [-0.2, -0.15) is 0 Å². The van der Waals surface area contributed by atoms with Gasteiger partial charge in [0.1, 0.15) is 5.75 Å². The smallest absolute Gasteiger partial charge is 0.256 e. The summed E-state index contributed by atoms with van der Waals surface area (Å²) < 4.78 is 1.67. The van der Waals surface area contributed by atoms with Gasteiger partial charge in [-0.25, -0.2) is 0 Å². The summed E-state index contributed by atoms with van der Waals surface area (Å²) in [5.74, 6) is -0.326. The van der Waals surface area contributed by atoms with Gasteiger partial charge >= 0.3 is 0 Å². The zero-order valence-corrected chi connectivity index (χ0v) is 14.0. The normalized spacial score (nSPS) is 10.3. The van der Waals surface area contributed by atoms with Gasteiger partial charge in [-0.1, -0.05) is 11.6 Å². The third-order valence-corrected chi connectivity index (χ3v) is 4.06. The molecular weight excluding hydrogens is 444 g/mol. The first-order valence-electron chi connectivity index (χ1n) is 5.22. The quantitative estimate of drug-likeness (QED) is 0.651. The maximum absolute atomic E-state index is 12.1. The first-order chi connectivity index (χ1) is 8.97. The molecule has 2 aromatic rings. The number of hydrogen-bond donors (Lipinski definition) is 2. The lowest BCUT2D eigenvalue weighted by molar-refractivity contribution is 0.102. The predicted octanol–water partition coefficient (Wildman–Crippen LogP) is 4.67. The number of aromatic hydroxyl groups is 1. The fraction of sp³-hybridized carbons (Fsp3) is 0. The van der Waals surface area contributed by atoms with Crippen LogP contribution in [0.1, 0.15) is 10.4 Å².